The van der Waals surface area contributed by atoms with E-state index < -0.39 is 17.8 Å². The molecule has 1 aliphatic heterocycles. The zero-order valence-electron chi connectivity index (χ0n) is 17.6. The Bertz CT molecular complexity index is 1300. The van der Waals surface area contributed by atoms with E-state index in [0.717, 1.165) is 0 Å². The zero-order valence-corrected chi connectivity index (χ0v) is 17.6. The predicted molar refractivity (Wildman–Crippen MR) is 115 cm³/mol. The summed E-state index contributed by atoms with van der Waals surface area (Å²) in [4.78, 5) is 30.4. The van der Waals surface area contributed by atoms with Crippen LogP contribution < -0.4 is 4.90 Å². The monoisotopic (exact) mass is 448 g/mol. The Morgan fingerprint density at radius 2 is 1.70 bits per heavy atom. The van der Waals surface area contributed by atoms with Crippen LogP contribution in [0.5, 0.6) is 0 Å². The van der Waals surface area contributed by atoms with Gasteiger partial charge in [0.05, 0.1) is 31.0 Å². The van der Waals surface area contributed by atoms with Gasteiger partial charge in [-0.15, -0.1) is 10.2 Å². The largest absolute Gasteiger partial charge is 0.465 e. The van der Waals surface area contributed by atoms with Crippen molar-refractivity contribution in [3.63, 3.8) is 0 Å². The number of carbonyl (C=O) groups is 2. The van der Waals surface area contributed by atoms with E-state index in [1.807, 2.05) is 0 Å². The van der Waals surface area contributed by atoms with Gasteiger partial charge < -0.3 is 18.8 Å². The van der Waals surface area contributed by atoms with Crippen molar-refractivity contribution in [3.8, 4) is 22.9 Å². The van der Waals surface area contributed by atoms with E-state index >= 15 is 0 Å². The van der Waals surface area contributed by atoms with Crippen LogP contribution in [0.2, 0.25) is 0 Å². The number of rotatable bonds is 5. The molecule has 0 saturated heterocycles. The molecule has 0 unspecified atom stereocenters. The van der Waals surface area contributed by atoms with Gasteiger partial charge in [0.1, 0.15) is 11.5 Å². The number of aromatic nitrogens is 3. The van der Waals surface area contributed by atoms with E-state index in [1.54, 1.807) is 36.7 Å². The fourth-order valence-electron chi connectivity index (χ4n) is 3.18. The van der Waals surface area contributed by atoms with Crippen molar-refractivity contribution >= 4 is 17.6 Å². The van der Waals surface area contributed by atoms with Gasteiger partial charge in [-0.05, 0) is 42.5 Å². The van der Waals surface area contributed by atoms with Crippen molar-refractivity contribution < 1.29 is 27.9 Å². The van der Waals surface area contributed by atoms with Crippen molar-refractivity contribution in [2.24, 2.45) is 0 Å². The van der Waals surface area contributed by atoms with Crippen molar-refractivity contribution in [1.82, 2.24) is 15.2 Å². The maximum absolute atomic E-state index is 14.3. The Balaban J connectivity index is 1.89. The van der Waals surface area contributed by atoms with Crippen LogP contribution in [-0.2, 0) is 19.1 Å². The first-order valence-electron chi connectivity index (χ1n) is 9.62. The van der Waals surface area contributed by atoms with Crippen molar-refractivity contribution in [2.75, 3.05) is 19.1 Å². The van der Waals surface area contributed by atoms with Gasteiger partial charge in [-0.25, -0.2) is 14.0 Å². The van der Waals surface area contributed by atoms with Crippen LogP contribution in [0.4, 0.5) is 10.1 Å². The maximum atomic E-state index is 14.3. The number of ether oxygens (including phenoxy) is 2. The van der Waals surface area contributed by atoms with Crippen molar-refractivity contribution in [3.05, 3.63) is 84.2 Å². The Hall–Kier alpha value is -4.60. The van der Waals surface area contributed by atoms with E-state index in [4.69, 9.17) is 13.9 Å². The van der Waals surface area contributed by atoms with Crippen molar-refractivity contribution in [2.45, 2.75) is 0 Å². The molecule has 10 heteroatoms. The lowest BCUT2D eigenvalue weighted by molar-refractivity contribution is -0.139. The Morgan fingerprint density at radius 1 is 0.970 bits per heavy atom. The first-order valence-corrected chi connectivity index (χ1v) is 9.62. The lowest BCUT2D eigenvalue weighted by Crippen LogP contribution is -2.27. The van der Waals surface area contributed by atoms with Crippen LogP contribution in [-0.4, -0.2) is 41.3 Å². The smallest absolute Gasteiger partial charge is 0.355 e. The molecule has 2 aromatic heterocycles. The minimum atomic E-state index is -0.801. The summed E-state index contributed by atoms with van der Waals surface area (Å²) in [7, 11) is 2.38. The highest BCUT2D eigenvalue weighted by molar-refractivity contribution is 6.06. The summed E-state index contributed by atoms with van der Waals surface area (Å²) in [5.41, 5.74) is 0.940. The average Bonchev–Trinajstić information content (AvgIpc) is 3.24. The zero-order chi connectivity index (χ0) is 23.4. The molecule has 1 aliphatic rings. The fraction of sp³-hybridized carbons (Fsp3) is 0.0870. The minimum absolute atomic E-state index is 0.00533. The highest BCUT2D eigenvalue weighted by Gasteiger charge is 2.30. The van der Waals surface area contributed by atoms with Gasteiger partial charge >= 0.3 is 11.9 Å². The molecule has 0 fully saturated rings. The molecule has 4 rings (SSSR count). The normalized spacial score (nSPS) is 13.1. The first kappa shape index (κ1) is 21.6. The lowest BCUT2D eigenvalue weighted by atomic mass is 10.1. The van der Waals surface area contributed by atoms with Gasteiger partial charge in [-0.2, -0.15) is 0 Å². The first-order chi connectivity index (χ1) is 16.0. The second-order valence-electron chi connectivity index (χ2n) is 6.63. The molecule has 0 atom stereocenters. The summed E-state index contributed by atoms with van der Waals surface area (Å²) < 4.78 is 29.8. The third kappa shape index (κ3) is 4.26. The van der Waals surface area contributed by atoms with Gasteiger partial charge in [0.15, 0.2) is 0 Å². The molecule has 0 N–H and O–H groups in total. The molecule has 3 heterocycles. The Morgan fingerprint density at radius 3 is 2.42 bits per heavy atom. The molecule has 166 valence electrons. The molecule has 1 aromatic carbocycles. The molecule has 0 amide bonds. The fourth-order valence-corrected chi connectivity index (χ4v) is 3.18. The van der Waals surface area contributed by atoms with Crippen LogP contribution in [0.25, 0.3) is 22.9 Å². The number of carbonyl (C=O) groups excluding carboxylic acids is 2. The number of halogens is 1. The number of benzene rings is 1. The highest BCUT2D eigenvalue weighted by Crippen LogP contribution is 2.36. The van der Waals surface area contributed by atoms with Gasteiger partial charge in [0.25, 0.3) is 0 Å². The molecule has 0 radical (unpaired) electrons. The van der Waals surface area contributed by atoms with Gasteiger partial charge in [0, 0.05) is 24.2 Å². The minimum Gasteiger partial charge on any atom is -0.465 e. The average molecular weight is 448 g/mol. The van der Waals surface area contributed by atoms with Crippen LogP contribution in [0, 0.1) is 5.82 Å². The summed E-state index contributed by atoms with van der Waals surface area (Å²) >= 11 is 0. The second-order valence-corrected chi connectivity index (χ2v) is 6.63. The summed E-state index contributed by atoms with van der Waals surface area (Å²) in [6.45, 7) is 0. The van der Waals surface area contributed by atoms with E-state index in [0.29, 0.717) is 11.3 Å². The van der Waals surface area contributed by atoms with Crippen molar-refractivity contribution in [1.29, 1.82) is 0 Å². The number of nitrogens with zero attached hydrogens (tertiary/aromatic N) is 4. The molecule has 0 aliphatic carbocycles. The van der Waals surface area contributed by atoms with Gasteiger partial charge in [-0.3, -0.25) is 4.98 Å². The maximum Gasteiger partial charge on any atom is 0.355 e. The van der Waals surface area contributed by atoms with Crippen LogP contribution >= 0.6 is 0 Å². The van der Waals surface area contributed by atoms with E-state index in [-0.39, 0.29) is 28.6 Å². The van der Waals surface area contributed by atoms with Crippen LogP contribution in [0.3, 0.4) is 0 Å². The van der Waals surface area contributed by atoms with Gasteiger partial charge in [-0.1, -0.05) is 6.08 Å². The van der Waals surface area contributed by atoms with Crippen LogP contribution in [0.1, 0.15) is 0 Å². The molecule has 33 heavy (non-hydrogen) atoms. The number of hydrogen-bond acceptors (Lipinski definition) is 9. The summed E-state index contributed by atoms with van der Waals surface area (Å²) in [5.74, 6) is -1.90. The highest BCUT2D eigenvalue weighted by atomic mass is 19.1. The summed E-state index contributed by atoms with van der Waals surface area (Å²) in [6, 6.07) is 7.20. The summed E-state index contributed by atoms with van der Waals surface area (Å²) in [6.07, 6.45) is 9.25. The number of methoxy groups -OCH3 is 2. The number of anilines is 1. The van der Waals surface area contributed by atoms with E-state index in [2.05, 4.69) is 15.2 Å². The standard InChI is InChI=1S/C23H17FN4O5/c1-31-22(29)16-5-3-4-12-28(19(16)23(30)32-2)18-7-6-15(24)13-17(18)21-27-26-20(33-21)14-8-10-25-11-9-14/h3-13H,1-2H3. The lowest BCUT2D eigenvalue weighted by Gasteiger charge is -2.24. The molecule has 9 nitrogen and oxygen atoms in total. The number of hydrogen-bond donors (Lipinski definition) is 0. The predicted octanol–water partition coefficient (Wildman–Crippen LogP) is 3.43. The molecule has 3 aromatic rings. The SMILES string of the molecule is COC(=O)C1=C(C(=O)OC)N(c2ccc(F)cc2-c2nnc(-c3ccncc3)o2)C=CC=C1. The third-order valence-electron chi connectivity index (χ3n) is 4.69. The van der Waals surface area contributed by atoms with E-state index in [9.17, 15) is 14.0 Å². The molecule has 0 saturated carbocycles. The second kappa shape index (κ2) is 9.27. The molecular formula is C23H17FN4O5. The Kier molecular flexibility index (Phi) is 6.07. The van der Waals surface area contributed by atoms with Crippen LogP contribution in [0.15, 0.2) is 82.8 Å². The molecule has 0 spiro atoms. The number of allylic oxidation sites excluding steroid dienone is 2. The topological polar surface area (TPSA) is 108 Å². The Labute approximate surface area is 187 Å². The van der Waals surface area contributed by atoms with Gasteiger partial charge in [0.2, 0.25) is 11.8 Å². The van der Waals surface area contributed by atoms with E-state index in [1.165, 1.54) is 49.6 Å². The number of esters is 2. The number of pyridine rings is 1. The quantitative estimate of drug-likeness (QED) is 0.543. The summed E-state index contributed by atoms with van der Waals surface area (Å²) in [5, 5.41) is 8.08. The third-order valence-corrected chi connectivity index (χ3v) is 4.69. The molecule has 0 bridgehead atoms. The molecular weight excluding hydrogens is 431 g/mol.